The molecule has 30 heavy (non-hydrogen) atoms. The van der Waals surface area contributed by atoms with Crippen LogP contribution in [0.3, 0.4) is 0 Å². The first-order chi connectivity index (χ1) is 14.2. The van der Waals surface area contributed by atoms with Gasteiger partial charge in [0.1, 0.15) is 0 Å². The number of hydrogen-bond donors (Lipinski definition) is 0. The van der Waals surface area contributed by atoms with Crippen molar-refractivity contribution in [2.24, 2.45) is 5.92 Å². The molecule has 2 atom stereocenters. The predicted octanol–water partition coefficient (Wildman–Crippen LogP) is 8.84. The summed E-state index contributed by atoms with van der Waals surface area (Å²) in [6.45, 7) is 16.4. The molecule has 3 rings (SSSR count). The van der Waals surface area contributed by atoms with Crippen LogP contribution in [0, 0.1) is 5.92 Å². The fraction of sp³-hybridized carbons (Fsp3) is 0.517. The summed E-state index contributed by atoms with van der Waals surface area (Å²) < 4.78 is 0. The number of allylic oxidation sites excluding steroid dienone is 1. The Morgan fingerprint density at radius 3 is 2.23 bits per heavy atom. The van der Waals surface area contributed by atoms with Crippen molar-refractivity contribution in [2.45, 2.75) is 90.6 Å². The summed E-state index contributed by atoms with van der Waals surface area (Å²) in [6, 6.07) is 16.3. The second-order valence-corrected chi connectivity index (χ2v) is 12.3. The highest BCUT2D eigenvalue weighted by Gasteiger charge is 2.30. The first-order valence-corrected chi connectivity index (χ1v) is 13.1. The van der Waals surface area contributed by atoms with E-state index in [-0.39, 0.29) is 5.41 Å². The van der Waals surface area contributed by atoms with Crippen LogP contribution in [-0.4, -0.2) is 9.52 Å². The van der Waals surface area contributed by atoms with Crippen molar-refractivity contribution in [2.75, 3.05) is 0 Å². The van der Waals surface area contributed by atoms with Crippen molar-refractivity contribution in [3.05, 3.63) is 64.7 Å². The molecule has 0 nitrogen and oxygen atoms in total. The van der Waals surface area contributed by atoms with E-state index >= 15 is 0 Å². The molecule has 0 bridgehead atoms. The maximum Gasteiger partial charge on any atom is 0.0562 e. The highest BCUT2D eigenvalue weighted by molar-refractivity contribution is 6.41. The van der Waals surface area contributed by atoms with Gasteiger partial charge in [-0.2, -0.15) is 0 Å². The SMILES string of the molecule is CCCCCC(C)[Si]C1C(C(C)C)=Cc2c(-c3ccc(C(C)(C)C)cc3)cccc21. The van der Waals surface area contributed by atoms with Crippen LogP contribution in [0.2, 0.25) is 5.54 Å². The topological polar surface area (TPSA) is 0 Å². The molecule has 2 unspecified atom stereocenters. The summed E-state index contributed by atoms with van der Waals surface area (Å²) in [6.07, 6.45) is 7.97. The highest BCUT2D eigenvalue weighted by Crippen LogP contribution is 2.45. The van der Waals surface area contributed by atoms with Crippen LogP contribution in [0.4, 0.5) is 0 Å². The number of unbranched alkanes of at least 4 members (excludes halogenated alkanes) is 2. The molecular weight excluding hydrogens is 376 g/mol. The summed E-state index contributed by atoms with van der Waals surface area (Å²) in [5, 5.41) is 0. The molecular formula is C29H40Si. The molecule has 0 fully saturated rings. The smallest absolute Gasteiger partial charge is 0.0562 e. The third-order valence-corrected chi connectivity index (χ3v) is 8.35. The standard InChI is InChI=1S/C29H40Si/c1-8-9-10-12-21(4)30-28-25-14-11-13-24(27(25)19-26(28)20(2)3)22-15-17-23(18-16-22)29(5,6)7/h11,13-21,28H,8-10,12H2,1-7H3. The lowest BCUT2D eigenvalue weighted by atomic mass is 9.86. The van der Waals surface area contributed by atoms with Crippen LogP contribution < -0.4 is 0 Å². The third kappa shape index (κ3) is 5.17. The van der Waals surface area contributed by atoms with Gasteiger partial charge in [-0.25, -0.2) is 0 Å². The van der Waals surface area contributed by atoms with Crippen LogP contribution >= 0.6 is 0 Å². The first-order valence-electron chi connectivity index (χ1n) is 11.9. The zero-order valence-electron chi connectivity index (χ0n) is 20.2. The highest BCUT2D eigenvalue weighted by atomic mass is 28.2. The van der Waals surface area contributed by atoms with Gasteiger partial charge >= 0.3 is 0 Å². The van der Waals surface area contributed by atoms with Gasteiger partial charge in [0.25, 0.3) is 0 Å². The van der Waals surface area contributed by atoms with Gasteiger partial charge in [-0.05, 0) is 44.7 Å². The molecule has 0 N–H and O–H groups in total. The molecule has 0 amide bonds. The van der Waals surface area contributed by atoms with E-state index in [0.29, 0.717) is 11.5 Å². The van der Waals surface area contributed by atoms with E-state index in [1.165, 1.54) is 47.9 Å². The molecule has 160 valence electrons. The number of hydrogen-bond acceptors (Lipinski definition) is 0. The number of fused-ring (bicyclic) bond motifs is 1. The van der Waals surface area contributed by atoms with Crippen LogP contribution in [0.1, 0.15) is 96.4 Å². The van der Waals surface area contributed by atoms with E-state index in [9.17, 15) is 0 Å². The Morgan fingerprint density at radius 2 is 1.63 bits per heavy atom. The second-order valence-electron chi connectivity index (χ2n) is 10.4. The fourth-order valence-electron chi connectivity index (χ4n) is 4.58. The number of rotatable bonds is 8. The van der Waals surface area contributed by atoms with Crippen molar-refractivity contribution in [3.8, 4) is 11.1 Å². The van der Waals surface area contributed by atoms with Gasteiger partial charge in [-0.1, -0.05) is 134 Å². The van der Waals surface area contributed by atoms with Crippen molar-refractivity contribution < 1.29 is 0 Å². The Hall–Kier alpha value is -1.60. The summed E-state index contributed by atoms with van der Waals surface area (Å²) in [4.78, 5) is 0. The minimum atomic E-state index is 0.196. The second kappa shape index (κ2) is 9.69. The molecule has 1 aliphatic carbocycles. The van der Waals surface area contributed by atoms with Crippen molar-refractivity contribution >= 4 is 15.6 Å². The van der Waals surface area contributed by atoms with Gasteiger partial charge in [0, 0.05) is 0 Å². The van der Waals surface area contributed by atoms with Gasteiger partial charge in [0.15, 0.2) is 0 Å². The molecule has 1 aliphatic rings. The normalized spacial score (nSPS) is 17.2. The average Bonchev–Trinajstić information content (AvgIpc) is 3.06. The molecule has 0 aromatic heterocycles. The zero-order valence-corrected chi connectivity index (χ0v) is 21.2. The summed E-state index contributed by atoms with van der Waals surface area (Å²) in [5.41, 5.74) is 10.5. The van der Waals surface area contributed by atoms with E-state index in [4.69, 9.17) is 0 Å². The minimum Gasteiger partial charge on any atom is -0.0654 e. The Labute approximate surface area is 188 Å². The molecule has 0 saturated heterocycles. The van der Waals surface area contributed by atoms with E-state index in [1.807, 2.05) is 0 Å². The van der Waals surface area contributed by atoms with Crippen molar-refractivity contribution in [3.63, 3.8) is 0 Å². The Bertz CT molecular complexity index is 864. The maximum atomic E-state index is 2.53. The molecule has 0 spiro atoms. The number of benzene rings is 2. The Morgan fingerprint density at radius 1 is 0.933 bits per heavy atom. The third-order valence-electron chi connectivity index (χ3n) is 6.52. The van der Waals surface area contributed by atoms with Gasteiger partial charge in [0.2, 0.25) is 0 Å². The minimum absolute atomic E-state index is 0.196. The van der Waals surface area contributed by atoms with Gasteiger partial charge in [-0.3, -0.25) is 0 Å². The van der Waals surface area contributed by atoms with Crippen LogP contribution in [0.15, 0.2) is 48.0 Å². The van der Waals surface area contributed by atoms with Gasteiger partial charge < -0.3 is 0 Å². The van der Waals surface area contributed by atoms with Crippen molar-refractivity contribution in [1.82, 2.24) is 0 Å². The van der Waals surface area contributed by atoms with Gasteiger partial charge in [-0.15, -0.1) is 0 Å². The first kappa shape index (κ1) is 23.1. The zero-order chi connectivity index (χ0) is 21.9. The molecule has 0 aliphatic heterocycles. The molecule has 2 radical (unpaired) electrons. The Balaban J connectivity index is 1.92. The quantitative estimate of drug-likeness (QED) is 0.298. The molecule has 0 heterocycles. The molecule has 0 saturated carbocycles. The van der Waals surface area contributed by atoms with E-state index in [2.05, 4.69) is 97.0 Å². The van der Waals surface area contributed by atoms with Crippen LogP contribution in [-0.2, 0) is 5.41 Å². The average molecular weight is 417 g/mol. The van der Waals surface area contributed by atoms with Crippen LogP contribution in [0.5, 0.6) is 0 Å². The van der Waals surface area contributed by atoms with E-state index in [0.717, 1.165) is 15.1 Å². The molecule has 2 aromatic rings. The van der Waals surface area contributed by atoms with Gasteiger partial charge in [0.05, 0.1) is 9.52 Å². The summed E-state index contributed by atoms with van der Waals surface area (Å²) >= 11 is 0. The lowest BCUT2D eigenvalue weighted by Gasteiger charge is -2.23. The molecule has 1 heteroatoms. The van der Waals surface area contributed by atoms with E-state index < -0.39 is 0 Å². The summed E-state index contributed by atoms with van der Waals surface area (Å²) in [5.74, 6) is 0.605. The lowest BCUT2D eigenvalue weighted by Crippen LogP contribution is -2.15. The predicted molar refractivity (Wildman–Crippen MR) is 135 cm³/mol. The van der Waals surface area contributed by atoms with Crippen LogP contribution in [0.25, 0.3) is 17.2 Å². The van der Waals surface area contributed by atoms with Crippen molar-refractivity contribution in [1.29, 1.82) is 0 Å². The summed E-state index contributed by atoms with van der Waals surface area (Å²) in [7, 11) is 0.987. The monoisotopic (exact) mass is 416 g/mol. The molecule has 2 aromatic carbocycles. The lowest BCUT2D eigenvalue weighted by molar-refractivity contribution is 0.590. The maximum absolute atomic E-state index is 2.53. The van der Waals surface area contributed by atoms with E-state index in [1.54, 1.807) is 11.1 Å². The largest absolute Gasteiger partial charge is 0.0654 e. The fourth-order valence-corrected chi connectivity index (χ4v) is 6.56. The Kier molecular flexibility index (Phi) is 7.45.